The summed E-state index contributed by atoms with van der Waals surface area (Å²) < 4.78 is 5.82. The monoisotopic (exact) mass is 476 g/mol. The van der Waals surface area contributed by atoms with E-state index < -0.39 is 18.6 Å². The van der Waals surface area contributed by atoms with E-state index in [1.807, 2.05) is 30.3 Å². The van der Waals surface area contributed by atoms with Crippen LogP contribution in [0.2, 0.25) is 0 Å². The Hall–Kier alpha value is -4.02. The third-order valence-corrected chi connectivity index (χ3v) is 5.78. The molecule has 3 aromatic rings. The van der Waals surface area contributed by atoms with Crippen molar-refractivity contribution in [3.8, 4) is 11.5 Å². The maximum atomic E-state index is 12.3. The van der Waals surface area contributed by atoms with Crippen LogP contribution in [0.25, 0.3) is 0 Å². The van der Waals surface area contributed by atoms with Gasteiger partial charge in [0.25, 0.3) is 5.91 Å². The molecule has 1 aromatic heterocycles. The lowest BCUT2D eigenvalue weighted by atomic mass is 10.0. The number of nitrogens with zero attached hydrogens (tertiary/aromatic N) is 3. The van der Waals surface area contributed by atoms with Crippen molar-refractivity contribution in [2.45, 2.75) is 25.0 Å². The van der Waals surface area contributed by atoms with Crippen LogP contribution in [0.5, 0.6) is 11.5 Å². The van der Waals surface area contributed by atoms with Crippen LogP contribution in [-0.2, 0) is 4.79 Å². The predicted molar refractivity (Wildman–Crippen MR) is 132 cm³/mol. The third kappa shape index (κ3) is 5.73. The van der Waals surface area contributed by atoms with E-state index in [0.717, 1.165) is 12.8 Å². The zero-order valence-electron chi connectivity index (χ0n) is 19.1. The number of carbonyl (C=O) groups excluding carboxylic acids is 1. The minimum atomic E-state index is -1.43. The lowest BCUT2D eigenvalue weighted by Crippen LogP contribution is -2.49. The number of nitrogens with one attached hydrogen (secondary N) is 2. The molecular formula is C25H28N6O4. The van der Waals surface area contributed by atoms with Crippen LogP contribution in [0, 0.1) is 5.41 Å². The van der Waals surface area contributed by atoms with Gasteiger partial charge in [-0.1, -0.05) is 18.2 Å². The Labute approximate surface area is 202 Å². The lowest BCUT2D eigenvalue weighted by molar-refractivity contribution is -0.143. The molecule has 0 aliphatic carbocycles. The predicted octanol–water partition coefficient (Wildman–Crippen LogP) is 2.02. The SMILES string of the molecule is N=C(c1ccc(Oc2ccccc2)cc1)c1c(N)ncnc1NC1CCCN(C(=O)C(O)CO)C1. The van der Waals surface area contributed by atoms with E-state index in [1.54, 1.807) is 24.3 Å². The first-order valence-electron chi connectivity index (χ1n) is 11.3. The number of aromatic nitrogens is 2. The number of carbonyl (C=O) groups is 1. The van der Waals surface area contributed by atoms with Crippen molar-refractivity contribution >= 4 is 23.3 Å². The standard InChI is InChI=1S/C25H28N6O4/c26-22(16-8-10-19(11-9-16)35-18-6-2-1-3-7-18)21-23(27)28-15-29-24(21)30-17-5-4-12-31(13-17)25(34)20(33)14-32/h1-3,6-11,15,17,20,26,32-33H,4-5,12-14H2,(H3,27,28,29,30). The number of para-hydroxylation sites is 1. The van der Waals surface area contributed by atoms with Gasteiger partial charge in [0.1, 0.15) is 29.5 Å². The van der Waals surface area contributed by atoms with Gasteiger partial charge in [0.05, 0.1) is 17.9 Å². The average molecular weight is 477 g/mol. The molecule has 0 spiro atoms. The summed E-state index contributed by atoms with van der Waals surface area (Å²) in [7, 11) is 0. The topological polar surface area (TPSA) is 158 Å². The first kappa shape index (κ1) is 24.1. The quantitative estimate of drug-likeness (QED) is 0.309. The average Bonchev–Trinajstić information content (AvgIpc) is 2.89. The molecule has 0 saturated carbocycles. The first-order valence-corrected chi connectivity index (χ1v) is 11.3. The van der Waals surface area contributed by atoms with Gasteiger partial charge in [-0.3, -0.25) is 10.2 Å². The van der Waals surface area contributed by atoms with Gasteiger partial charge >= 0.3 is 0 Å². The van der Waals surface area contributed by atoms with E-state index in [0.29, 0.717) is 41.5 Å². The lowest BCUT2D eigenvalue weighted by Gasteiger charge is -2.34. The molecule has 182 valence electrons. The van der Waals surface area contributed by atoms with Crippen LogP contribution < -0.4 is 15.8 Å². The zero-order valence-corrected chi connectivity index (χ0v) is 19.1. The number of ether oxygens (including phenoxy) is 1. The number of anilines is 2. The smallest absolute Gasteiger partial charge is 0.253 e. The summed E-state index contributed by atoms with van der Waals surface area (Å²) in [4.78, 5) is 22.2. The molecule has 2 heterocycles. The molecule has 35 heavy (non-hydrogen) atoms. The molecule has 1 saturated heterocycles. The molecule has 1 aliphatic heterocycles. The molecule has 2 atom stereocenters. The fourth-order valence-electron chi connectivity index (χ4n) is 3.99. The number of nitrogen functional groups attached to an aromatic ring is 1. The van der Waals surface area contributed by atoms with Crippen molar-refractivity contribution in [1.82, 2.24) is 14.9 Å². The number of hydrogen-bond acceptors (Lipinski definition) is 9. The zero-order chi connectivity index (χ0) is 24.8. The van der Waals surface area contributed by atoms with Gasteiger partial charge in [-0.15, -0.1) is 0 Å². The molecule has 1 aliphatic rings. The van der Waals surface area contributed by atoms with Gasteiger partial charge in [-0.05, 0) is 49.2 Å². The van der Waals surface area contributed by atoms with Crippen molar-refractivity contribution in [3.63, 3.8) is 0 Å². The van der Waals surface area contributed by atoms with Crippen molar-refractivity contribution in [2.75, 3.05) is 30.7 Å². The molecule has 6 N–H and O–H groups in total. The molecule has 1 fully saturated rings. The van der Waals surface area contributed by atoms with Crippen LogP contribution in [0.3, 0.4) is 0 Å². The fourth-order valence-corrected chi connectivity index (χ4v) is 3.99. The van der Waals surface area contributed by atoms with Crippen molar-refractivity contribution < 1.29 is 19.7 Å². The number of likely N-dealkylation sites (tertiary alicyclic amines) is 1. The van der Waals surface area contributed by atoms with Crippen molar-refractivity contribution in [2.24, 2.45) is 0 Å². The number of hydrogen-bond donors (Lipinski definition) is 5. The highest BCUT2D eigenvalue weighted by Crippen LogP contribution is 2.26. The number of piperidine rings is 1. The van der Waals surface area contributed by atoms with Crippen molar-refractivity contribution in [3.05, 3.63) is 72.1 Å². The van der Waals surface area contributed by atoms with E-state index >= 15 is 0 Å². The molecule has 2 unspecified atom stereocenters. The molecule has 2 aromatic carbocycles. The Bertz CT molecular complexity index is 1170. The van der Waals surface area contributed by atoms with Gasteiger partial charge in [0, 0.05) is 24.7 Å². The van der Waals surface area contributed by atoms with E-state index in [2.05, 4.69) is 15.3 Å². The molecule has 10 heteroatoms. The molecule has 0 radical (unpaired) electrons. The second kappa shape index (κ2) is 10.9. The highest BCUT2D eigenvalue weighted by Gasteiger charge is 2.28. The number of benzene rings is 2. The van der Waals surface area contributed by atoms with E-state index in [-0.39, 0.29) is 17.6 Å². The summed E-state index contributed by atoms with van der Waals surface area (Å²) in [6.07, 6.45) is 1.38. The second-order valence-electron chi connectivity index (χ2n) is 8.26. The normalized spacial score (nSPS) is 16.4. The summed E-state index contributed by atoms with van der Waals surface area (Å²) >= 11 is 0. The largest absolute Gasteiger partial charge is 0.457 e. The van der Waals surface area contributed by atoms with E-state index in [4.69, 9.17) is 21.0 Å². The Kier molecular flexibility index (Phi) is 7.54. The molecule has 4 rings (SSSR count). The molecule has 0 bridgehead atoms. The highest BCUT2D eigenvalue weighted by molar-refractivity contribution is 6.16. The van der Waals surface area contributed by atoms with Crippen LogP contribution in [0.1, 0.15) is 24.0 Å². The first-order chi connectivity index (χ1) is 17.0. The minimum Gasteiger partial charge on any atom is -0.457 e. The minimum absolute atomic E-state index is 0.149. The molecular weight excluding hydrogens is 448 g/mol. The Morgan fingerprint density at radius 3 is 2.60 bits per heavy atom. The van der Waals surface area contributed by atoms with Crippen LogP contribution in [0.4, 0.5) is 11.6 Å². The number of amides is 1. The van der Waals surface area contributed by atoms with Crippen LogP contribution in [0.15, 0.2) is 60.9 Å². The fraction of sp³-hybridized carbons (Fsp3) is 0.280. The summed E-state index contributed by atoms with van der Waals surface area (Å²) in [5.74, 6) is 1.41. The van der Waals surface area contributed by atoms with E-state index in [9.17, 15) is 9.90 Å². The van der Waals surface area contributed by atoms with E-state index in [1.165, 1.54) is 11.2 Å². The molecule has 1 amide bonds. The Morgan fingerprint density at radius 1 is 1.17 bits per heavy atom. The van der Waals surface area contributed by atoms with Gasteiger partial charge in [-0.2, -0.15) is 0 Å². The maximum Gasteiger partial charge on any atom is 0.253 e. The summed E-state index contributed by atoms with van der Waals surface area (Å²) in [6, 6.07) is 16.4. The summed E-state index contributed by atoms with van der Waals surface area (Å²) in [5, 5.41) is 30.9. The summed E-state index contributed by atoms with van der Waals surface area (Å²) in [5.41, 5.74) is 7.27. The van der Waals surface area contributed by atoms with Crippen LogP contribution in [-0.4, -0.2) is 68.5 Å². The Balaban J connectivity index is 1.50. The van der Waals surface area contributed by atoms with Crippen molar-refractivity contribution in [1.29, 1.82) is 5.41 Å². The second-order valence-corrected chi connectivity index (χ2v) is 8.26. The number of nitrogens with two attached hydrogens (primary N) is 1. The van der Waals surface area contributed by atoms with Gasteiger partial charge in [0.2, 0.25) is 0 Å². The third-order valence-electron chi connectivity index (χ3n) is 5.78. The Morgan fingerprint density at radius 2 is 1.89 bits per heavy atom. The van der Waals surface area contributed by atoms with Gasteiger partial charge < -0.3 is 30.9 Å². The number of rotatable bonds is 8. The molecule has 10 nitrogen and oxygen atoms in total. The highest BCUT2D eigenvalue weighted by atomic mass is 16.5. The van der Waals surface area contributed by atoms with Gasteiger partial charge in [-0.25, -0.2) is 9.97 Å². The maximum absolute atomic E-state index is 12.3. The van der Waals surface area contributed by atoms with Gasteiger partial charge in [0.15, 0.2) is 6.10 Å². The summed E-state index contributed by atoms with van der Waals surface area (Å²) in [6.45, 7) is 0.213. The number of aliphatic hydroxyl groups is 2. The number of aliphatic hydroxyl groups excluding tert-OH is 2. The van der Waals surface area contributed by atoms with Crippen LogP contribution >= 0.6 is 0 Å².